The number of amides is 4. The fourth-order valence-corrected chi connectivity index (χ4v) is 8.24. The number of anilines is 2. The first-order valence-electron chi connectivity index (χ1n) is 14.7. The van der Waals surface area contributed by atoms with E-state index in [1.54, 1.807) is 13.0 Å². The van der Waals surface area contributed by atoms with E-state index in [0.29, 0.717) is 5.57 Å². The van der Waals surface area contributed by atoms with Crippen LogP contribution >= 0.6 is 11.6 Å². The van der Waals surface area contributed by atoms with Crippen LogP contribution < -0.4 is 9.80 Å². The van der Waals surface area contributed by atoms with Crippen LogP contribution in [0.15, 0.2) is 66.2 Å². The average Bonchev–Trinajstić information content (AvgIpc) is 3.39. The predicted molar refractivity (Wildman–Crippen MR) is 162 cm³/mol. The largest absolute Gasteiger partial charge is 0.507 e. The summed E-state index contributed by atoms with van der Waals surface area (Å²) >= 11 is 6.00. The van der Waals surface area contributed by atoms with Crippen LogP contribution in [0, 0.1) is 40.7 Å². The molecule has 3 aromatic rings. The zero-order valence-electron chi connectivity index (χ0n) is 24.5. The van der Waals surface area contributed by atoms with E-state index in [0.717, 1.165) is 46.2 Å². The maximum absolute atomic E-state index is 14.9. The van der Waals surface area contributed by atoms with Gasteiger partial charge in [-0.2, -0.15) is 0 Å². The Bertz CT molecular complexity index is 2000. The molecule has 3 aromatic carbocycles. The lowest BCUT2D eigenvalue weighted by Gasteiger charge is -2.49. The molecule has 47 heavy (non-hydrogen) atoms. The van der Waals surface area contributed by atoms with Crippen molar-refractivity contribution in [3.63, 3.8) is 0 Å². The van der Waals surface area contributed by atoms with Crippen molar-refractivity contribution in [2.24, 2.45) is 29.1 Å². The number of allylic oxidation sites excluding steroid dienone is 2. The fraction of sp³-hybridized carbons (Fsp3) is 0.265. The highest BCUT2D eigenvalue weighted by atomic mass is 35.5. The van der Waals surface area contributed by atoms with Gasteiger partial charge in [0.2, 0.25) is 23.6 Å². The number of carboxylic acids is 1. The van der Waals surface area contributed by atoms with Crippen molar-refractivity contribution in [3.8, 4) is 11.5 Å². The van der Waals surface area contributed by atoms with Crippen LogP contribution in [-0.4, -0.2) is 44.9 Å². The van der Waals surface area contributed by atoms with E-state index in [4.69, 9.17) is 11.6 Å². The first-order valence-corrected chi connectivity index (χ1v) is 15.1. The standard InChI is InChI=1S/C34H25ClF2N2O8/c1-34-21(30(43)39(33(34)47)15-4-8-23(36)22(35)11-15)13-20-17(28(34)14-2-9-25(40)24(37)10-14)6-7-19-27(20)31(44)38(29(19)42)16-3-5-18(32(45)46)26(41)12-16/h2-6,8-12,19-21,27-28,40-41H,7,13H2,1H3,(H,45,46)/t19-,20+,21-,27-,28-,34+/m0/s1. The number of halogens is 3. The minimum atomic E-state index is -1.51. The van der Waals surface area contributed by atoms with Crippen molar-refractivity contribution in [2.75, 3.05) is 9.80 Å². The molecule has 4 amide bonds. The van der Waals surface area contributed by atoms with Crippen LogP contribution in [0.4, 0.5) is 20.2 Å². The number of carbonyl (C=O) groups is 5. The number of fused-ring (bicyclic) bond motifs is 4. The molecule has 2 heterocycles. The Morgan fingerprint density at radius 3 is 2.21 bits per heavy atom. The first-order chi connectivity index (χ1) is 22.2. The number of benzene rings is 3. The van der Waals surface area contributed by atoms with Crippen LogP contribution in [0.5, 0.6) is 11.5 Å². The monoisotopic (exact) mass is 662 g/mol. The zero-order chi connectivity index (χ0) is 33.7. The molecule has 2 aliphatic heterocycles. The Balaban J connectivity index is 1.35. The lowest BCUT2D eigenvalue weighted by molar-refractivity contribution is -0.131. The number of rotatable bonds is 4. The highest BCUT2D eigenvalue weighted by Crippen LogP contribution is 2.64. The van der Waals surface area contributed by atoms with Gasteiger partial charge in [-0.05, 0) is 73.7 Å². The zero-order valence-corrected chi connectivity index (χ0v) is 25.2. The van der Waals surface area contributed by atoms with E-state index >= 15 is 0 Å². The van der Waals surface area contributed by atoms with Gasteiger partial charge in [0.15, 0.2) is 11.6 Å². The average molecular weight is 663 g/mol. The quantitative estimate of drug-likeness (QED) is 0.256. The smallest absolute Gasteiger partial charge is 0.339 e. The maximum atomic E-state index is 14.9. The molecule has 13 heteroatoms. The van der Waals surface area contributed by atoms with Gasteiger partial charge in [-0.15, -0.1) is 0 Å². The van der Waals surface area contributed by atoms with E-state index in [1.165, 1.54) is 18.2 Å². The summed E-state index contributed by atoms with van der Waals surface area (Å²) in [6, 6.07) is 10.4. The van der Waals surface area contributed by atoms with Gasteiger partial charge >= 0.3 is 5.97 Å². The van der Waals surface area contributed by atoms with Crippen LogP contribution in [0.3, 0.4) is 0 Å². The number of aromatic hydroxyl groups is 2. The van der Waals surface area contributed by atoms with Gasteiger partial charge in [-0.1, -0.05) is 29.3 Å². The summed E-state index contributed by atoms with van der Waals surface area (Å²) in [5.74, 6) is -11.5. The second-order valence-electron chi connectivity index (χ2n) is 12.5. The third-order valence-corrected chi connectivity index (χ3v) is 10.5. The van der Waals surface area contributed by atoms with Crippen molar-refractivity contribution in [2.45, 2.75) is 25.7 Å². The normalized spacial score (nSPS) is 28.3. The number of carboxylic acid groups (broad SMARTS) is 1. The molecule has 2 saturated heterocycles. The van der Waals surface area contributed by atoms with Gasteiger partial charge in [-0.3, -0.25) is 19.2 Å². The molecular formula is C34H25ClF2N2O8. The number of hydrogen-bond acceptors (Lipinski definition) is 7. The second kappa shape index (κ2) is 10.5. The van der Waals surface area contributed by atoms with Gasteiger partial charge < -0.3 is 15.3 Å². The summed E-state index contributed by atoms with van der Waals surface area (Å²) in [4.78, 5) is 69.6. The number of nitrogens with zero attached hydrogens (tertiary/aromatic N) is 2. The number of phenolic OH excluding ortho intramolecular Hbond substituents is 1. The molecular weight excluding hydrogens is 638 g/mol. The molecule has 3 N–H and O–H groups in total. The van der Waals surface area contributed by atoms with Crippen molar-refractivity contribution < 1.29 is 48.1 Å². The molecule has 4 aliphatic rings. The third-order valence-electron chi connectivity index (χ3n) is 10.2. The molecule has 0 unspecified atom stereocenters. The molecule has 10 nitrogen and oxygen atoms in total. The number of hydrogen-bond donors (Lipinski definition) is 3. The van der Waals surface area contributed by atoms with E-state index in [9.17, 15) is 48.1 Å². The topological polar surface area (TPSA) is 153 Å². The predicted octanol–water partition coefficient (Wildman–Crippen LogP) is 5.16. The lowest BCUT2D eigenvalue weighted by atomic mass is 9.51. The first kappa shape index (κ1) is 30.5. The number of carbonyl (C=O) groups excluding carboxylic acids is 4. The van der Waals surface area contributed by atoms with Gasteiger partial charge in [0.1, 0.15) is 17.1 Å². The Morgan fingerprint density at radius 2 is 1.55 bits per heavy atom. The van der Waals surface area contributed by atoms with Gasteiger partial charge in [0.25, 0.3) is 0 Å². The Morgan fingerprint density at radius 1 is 0.851 bits per heavy atom. The SMILES string of the molecule is C[C@@]12C(=O)N(c3ccc(F)c(Cl)c3)C(=O)[C@@H]1C[C@@H]1C(=CC[C@@H]3C(=O)N(c4ccc(C(=O)O)c(O)c4)C(=O)[C@@H]31)[C@@H]2c1ccc(O)c(F)c1. The van der Waals surface area contributed by atoms with E-state index in [1.807, 2.05) is 0 Å². The number of aromatic carboxylic acids is 1. The molecule has 7 rings (SSSR count). The molecule has 6 atom stereocenters. The molecule has 0 spiro atoms. The molecule has 0 aromatic heterocycles. The van der Waals surface area contributed by atoms with Crippen LogP contribution in [0.25, 0.3) is 0 Å². The number of imide groups is 2. The van der Waals surface area contributed by atoms with Crippen molar-refractivity contribution in [1.82, 2.24) is 0 Å². The molecule has 2 aliphatic carbocycles. The lowest BCUT2D eigenvalue weighted by Crippen LogP contribution is -2.48. The van der Waals surface area contributed by atoms with Gasteiger partial charge in [0.05, 0.1) is 39.6 Å². The molecule has 3 fully saturated rings. The van der Waals surface area contributed by atoms with E-state index in [-0.39, 0.29) is 34.8 Å². The van der Waals surface area contributed by atoms with E-state index in [2.05, 4.69) is 0 Å². The summed E-state index contributed by atoms with van der Waals surface area (Å²) in [7, 11) is 0. The molecule has 1 saturated carbocycles. The highest BCUT2D eigenvalue weighted by molar-refractivity contribution is 6.32. The molecule has 0 bridgehead atoms. The van der Waals surface area contributed by atoms with Crippen molar-refractivity contribution >= 4 is 52.6 Å². The van der Waals surface area contributed by atoms with Crippen molar-refractivity contribution in [1.29, 1.82) is 0 Å². The summed E-state index contributed by atoms with van der Waals surface area (Å²) < 4.78 is 28.9. The molecule has 0 radical (unpaired) electrons. The maximum Gasteiger partial charge on any atom is 0.339 e. The van der Waals surface area contributed by atoms with Gasteiger partial charge in [0, 0.05) is 12.0 Å². The Kier molecular flexibility index (Phi) is 6.80. The highest BCUT2D eigenvalue weighted by Gasteiger charge is 2.67. The molecule has 240 valence electrons. The Hall–Kier alpha value is -5.10. The summed E-state index contributed by atoms with van der Waals surface area (Å²) in [6.45, 7) is 1.59. The van der Waals surface area contributed by atoms with Crippen LogP contribution in [0.1, 0.15) is 41.6 Å². The minimum Gasteiger partial charge on any atom is -0.507 e. The summed E-state index contributed by atoms with van der Waals surface area (Å²) in [5, 5.41) is 29.2. The minimum absolute atomic E-state index is 0.0212. The summed E-state index contributed by atoms with van der Waals surface area (Å²) in [6.07, 6.45) is 1.80. The van der Waals surface area contributed by atoms with Crippen LogP contribution in [-0.2, 0) is 19.2 Å². The Labute approximate surface area is 270 Å². The second-order valence-corrected chi connectivity index (χ2v) is 12.9. The number of phenols is 2. The van der Waals surface area contributed by atoms with Crippen molar-refractivity contribution in [3.05, 3.63) is 94.0 Å². The van der Waals surface area contributed by atoms with Crippen LogP contribution in [0.2, 0.25) is 5.02 Å². The fourth-order valence-electron chi connectivity index (χ4n) is 8.06. The third kappa shape index (κ3) is 4.23. The van der Waals surface area contributed by atoms with Gasteiger partial charge in [-0.25, -0.2) is 23.4 Å². The van der Waals surface area contributed by atoms with E-state index < -0.39 is 93.3 Å². The summed E-state index contributed by atoms with van der Waals surface area (Å²) in [5.41, 5.74) is -1.09.